The standard InChI is InChI=1S/C19H22N2O4S/c1-13-2-4-14(5-3-13)15-12-20-17(25-15)7-6-16(22)21-19(18(23)24)8-10-26-11-9-19/h2-5,12H,6-11H2,1H3,(H,21,22)(H,23,24). The number of aryl methyl sites for hydroxylation is 2. The van der Waals surface area contributed by atoms with Gasteiger partial charge in [0.15, 0.2) is 11.7 Å². The van der Waals surface area contributed by atoms with Crippen LogP contribution in [0.1, 0.15) is 30.7 Å². The van der Waals surface area contributed by atoms with Crippen LogP contribution in [0.2, 0.25) is 0 Å². The molecule has 0 aliphatic carbocycles. The summed E-state index contributed by atoms with van der Waals surface area (Å²) in [5, 5.41) is 12.2. The van der Waals surface area contributed by atoms with E-state index in [9.17, 15) is 14.7 Å². The average molecular weight is 374 g/mol. The monoisotopic (exact) mass is 374 g/mol. The number of amides is 1. The number of carbonyl (C=O) groups excluding carboxylic acids is 1. The van der Waals surface area contributed by atoms with E-state index in [0.717, 1.165) is 17.1 Å². The lowest BCUT2D eigenvalue weighted by molar-refractivity contribution is -0.148. The molecule has 3 rings (SSSR count). The molecule has 1 amide bonds. The highest BCUT2D eigenvalue weighted by atomic mass is 32.2. The van der Waals surface area contributed by atoms with Gasteiger partial charge in [-0.2, -0.15) is 11.8 Å². The van der Waals surface area contributed by atoms with Gasteiger partial charge in [0.25, 0.3) is 0 Å². The van der Waals surface area contributed by atoms with Gasteiger partial charge in [0, 0.05) is 18.4 Å². The van der Waals surface area contributed by atoms with Crippen LogP contribution in [-0.2, 0) is 16.0 Å². The van der Waals surface area contributed by atoms with Gasteiger partial charge >= 0.3 is 5.97 Å². The summed E-state index contributed by atoms with van der Waals surface area (Å²) >= 11 is 1.71. The topological polar surface area (TPSA) is 92.4 Å². The fourth-order valence-electron chi connectivity index (χ4n) is 2.94. The van der Waals surface area contributed by atoms with Gasteiger partial charge in [0.1, 0.15) is 5.54 Å². The molecule has 0 saturated carbocycles. The number of aliphatic carboxylic acids is 1. The molecule has 1 fully saturated rings. The first-order valence-corrected chi connectivity index (χ1v) is 9.78. The van der Waals surface area contributed by atoms with E-state index in [4.69, 9.17) is 4.42 Å². The van der Waals surface area contributed by atoms with Crippen LogP contribution in [0.3, 0.4) is 0 Å². The lowest BCUT2D eigenvalue weighted by atomic mass is 9.92. The number of nitrogens with one attached hydrogen (secondary N) is 1. The summed E-state index contributed by atoms with van der Waals surface area (Å²) in [5.74, 6) is 1.38. The van der Waals surface area contributed by atoms with Gasteiger partial charge in [-0.3, -0.25) is 4.79 Å². The Hall–Kier alpha value is -2.28. The number of thioether (sulfide) groups is 1. The van der Waals surface area contributed by atoms with Crippen molar-refractivity contribution in [2.75, 3.05) is 11.5 Å². The molecule has 1 aliphatic rings. The highest BCUT2D eigenvalue weighted by molar-refractivity contribution is 7.99. The highest BCUT2D eigenvalue weighted by Gasteiger charge is 2.41. The van der Waals surface area contributed by atoms with Crippen molar-refractivity contribution in [1.82, 2.24) is 10.3 Å². The maximum atomic E-state index is 12.3. The molecule has 0 atom stereocenters. The lowest BCUT2D eigenvalue weighted by Gasteiger charge is -2.33. The summed E-state index contributed by atoms with van der Waals surface area (Å²) in [6, 6.07) is 7.92. The Morgan fingerprint density at radius 2 is 1.96 bits per heavy atom. The molecular formula is C19H22N2O4S. The van der Waals surface area contributed by atoms with Gasteiger partial charge < -0.3 is 14.8 Å². The van der Waals surface area contributed by atoms with Gasteiger partial charge in [-0.05, 0) is 31.3 Å². The highest BCUT2D eigenvalue weighted by Crippen LogP contribution is 2.27. The maximum Gasteiger partial charge on any atom is 0.329 e. The number of benzene rings is 1. The number of carbonyl (C=O) groups is 2. The van der Waals surface area contributed by atoms with E-state index >= 15 is 0 Å². The van der Waals surface area contributed by atoms with Crippen molar-refractivity contribution in [2.24, 2.45) is 0 Å². The molecule has 138 valence electrons. The SMILES string of the molecule is Cc1ccc(-c2cnc(CCC(=O)NC3(C(=O)O)CCSCC3)o2)cc1. The molecule has 7 heteroatoms. The molecule has 2 aromatic rings. The Balaban J connectivity index is 1.58. The minimum Gasteiger partial charge on any atom is -0.480 e. The smallest absolute Gasteiger partial charge is 0.329 e. The first-order chi connectivity index (χ1) is 12.5. The molecule has 6 nitrogen and oxygen atoms in total. The molecule has 1 aromatic carbocycles. The zero-order valence-electron chi connectivity index (χ0n) is 14.7. The lowest BCUT2D eigenvalue weighted by Crippen LogP contribution is -2.56. The van der Waals surface area contributed by atoms with Crippen LogP contribution in [0.25, 0.3) is 11.3 Å². The number of carboxylic acids is 1. The Labute approximate surface area is 156 Å². The predicted octanol–water partition coefficient (Wildman–Crippen LogP) is 3.05. The second kappa shape index (κ2) is 7.95. The number of nitrogens with zero attached hydrogens (tertiary/aromatic N) is 1. The van der Waals surface area contributed by atoms with Crippen molar-refractivity contribution in [1.29, 1.82) is 0 Å². The molecule has 1 aromatic heterocycles. The number of rotatable bonds is 6. The van der Waals surface area contributed by atoms with Crippen molar-refractivity contribution < 1.29 is 19.1 Å². The van der Waals surface area contributed by atoms with E-state index in [1.165, 1.54) is 5.56 Å². The van der Waals surface area contributed by atoms with Crippen molar-refractivity contribution in [3.8, 4) is 11.3 Å². The summed E-state index contributed by atoms with van der Waals surface area (Å²) in [6.07, 6.45) is 3.04. The molecular weight excluding hydrogens is 352 g/mol. The van der Waals surface area contributed by atoms with Gasteiger partial charge in [-0.15, -0.1) is 0 Å². The van der Waals surface area contributed by atoms with Crippen LogP contribution in [0.4, 0.5) is 0 Å². The summed E-state index contributed by atoms with van der Waals surface area (Å²) < 4.78 is 5.71. The Kier molecular flexibility index (Phi) is 5.66. The molecule has 0 radical (unpaired) electrons. The summed E-state index contributed by atoms with van der Waals surface area (Å²) in [6.45, 7) is 2.02. The predicted molar refractivity (Wildman–Crippen MR) is 100 cm³/mol. The number of aromatic nitrogens is 1. The van der Waals surface area contributed by atoms with Gasteiger partial charge in [0.2, 0.25) is 5.91 Å². The van der Waals surface area contributed by atoms with Gasteiger partial charge in [-0.25, -0.2) is 9.78 Å². The Morgan fingerprint density at radius 1 is 1.27 bits per heavy atom. The minimum absolute atomic E-state index is 0.149. The number of hydrogen-bond donors (Lipinski definition) is 2. The van der Waals surface area contributed by atoms with Crippen molar-refractivity contribution in [3.05, 3.63) is 41.9 Å². The van der Waals surface area contributed by atoms with E-state index in [-0.39, 0.29) is 12.3 Å². The fraction of sp³-hybridized carbons (Fsp3) is 0.421. The zero-order valence-corrected chi connectivity index (χ0v) is 15.5. The normalized spacial score (nSPS) is 16.2. The van der Waals surface area contributed by atoms with E-state index in [1.54, 1.807) is 18.0 Å². The molecule has 0 unspecified atom stereocenters. The molecule has 26 heavy (non-hydrogen) atoms. The second-order valence-corrected chi connectivity index (χ2v) is 7.76. The van der Waals surface area contributed by atoms with E-state index in [2.05, 4.69) is 10.3 Å². The summed E-state index contributed by atoms with van der Waals surface area (Å²) in [4.78, 5) is 28.1. The molecule has 2 N–H and O–H groups in total. The zero-order chi connectivity index (χ0) is 18.6. The van der Waals surface area contributed by atoms with E-state index in [0.29, 0.717) is 30.9 Å². The first-order valence-electron chi connectivity index (χ1n) is 8.62. The van der Waals surface area contributed by atoms with Crippen LogP contribution >= 0.6 is 11.8 Å². The first kappa shape index (κ1) is 18.5. The number of oxazole rings is 1. The van der Waals surface area contributed by atoms with Crippen molar-refractivity contribution in [3.63, 3.8) is 0 Å². The van der Waals surface area contributed by atoms with Crippen LogP contribution in [0, 0.1) is 6.92 Å². The molecule has 1 aliphatic heterocycles. The van der Waals surface area contributed by atoms with Crippen molar-refractivity contribution in [2.45, 2.75) is 38.1 Å². The third-order valence-corrected chi connectivity index (χ3v) is 5.58. The summed E-state index contributed by atoms with van der Waals surface area (Å²) in [5.41, 5.74) is 0.966. The van der Waals surface area contributed by atoms with Gasteiger partial charge in [-0.1, -0.05) is 29.8 Å². The third-order valence-electron chi connectivity index (χ3n) is 4.59. The largest absolute Gasteiger partial charge is 0.480 e. The molecule has 0 spiro atoms. The maximum absolute atomic E-state index is 12.3. The second-order valence-electron chi connectivity index (χ2n) is 6.53. The number of carboxylic acid groups (broad SMARTS) is 1. The molecule has 0 bridgehead atoms. The van der Waals surface area contributed by atoms with Crippen LogP contribution in [0.5, 0.6) is 0 Å². The van der Waals surface area contributed by atoms with Crippen LogP contribution in [-0.4, -0.2) is 39.0 Å². The fourth-order valence-corrected chi connectivity index (χ4v) is 4.13. The number of hydrogen-bond acceptors (Lipinski definition) is 5. The van der Waals surface area contributed by atoms with Crippen LogP contribution < -0.4 is 5.32 Å². The van der Waals surface area contributed by atoms with E-state index < -0.39 is 11.5 Å². The van der Waals surface area contributed by atoms with Crippen molar-refractivity contribution >= 4 is 23.6 Å². The minimum atomic E-state index is -1.13. The van der Waals surface area contributed by atoms with E-state index in [1.807, 2.05) is 31.2 Å². The van der Waals surface area contributed by atoms with Gasteiger partial charge in [0.05, 0.1) is 6.20 Å². The summed E-state index contributed by atoms with van der Waals surface area (Å²) in [7, 11) is 0. The Morgan fingerprint density at radius 3 is 2.62 bits per heavy atom. The third kappa shape index (κ3) is 4.27. The Bertz CT molecular complexity index is 779. The quantitative estimate of drug-likeness (QED) is 0.807. The molecule has 2 heterocycles. The molecule has 1 saturated heterocycles. The average Bonchev–Trinajstić information content (AvgIpc) is 3.10. The van der Waals surface area contributed by atoms with Crippen LogP contribution in [0.15, 0.2) is 34.9 Å².